The molecule has 2 N–H and O–H groups in total. The van der Waals surface area contributed by atoms with Crippen LogP contribution in [0.5, 0.6) is 0 Å². The molecule has 7 heteroatoms. The first-order valence-corrected chi connectivity index (χ1v) is 7.45. The number of hydrogen-bond donors (Lipinski definition) is 2. The van der Waals surface area contributed by atoms with Crippen molar-refractivity contribution in [3.63, 3.8) is 0 Å². The molecule has 1 unspecified atom stereocenters. The molecule has 0 radical (unpaired) electrons. The van der Waals surface area contributed by atoms with Crippen LogP contribution in [0.15, 0.2) is 21.4 Å². The van der Waals surface area contributed by atoms with Gasteiger partial charge in [-0.05, 0) is 48.8 Å². The Kier molecular flexibility index (Phi) is 4.68. The molecule has 1 aromatic heterocycles. The minimum atomic E-state index is -0.434. The van der Waals surface area contributed by atoms with Crippen molar-refractivity contribution in [3.8, 4) is 0 Å². The largest absolute Gasteiger partial charge is 0.376 e. The Morgan fingerprint density at radius 3 is 2.67 bits per heavy atom. The summed E-state index contributed by atoms with van der Waals surface area (Å²) in [5.74, 6) is 0.130. The molecule has 21 heavy (non-hydrogen) atoms. The van der Waals surface area contributed by atoms with Gasteiger partial charge in [0.25, 0.3) is 5.56 Å². The standard InChI is InChI=1S/C14H14BrClFN3O/c1-6-12(14(21)20-8(3)18-6)7(2)19-13-10(15)4-9(17)5-11(13)16/h4-5,7,19H,1-3H3,(H,18,20,21). The summed E-state index contributed by atoms with van der Waals surface area (Å²) >= 11 is 9.30. The summed E-state index contributed by atoms with van der Waals surface area (Å²) < 4.78 is 13.7. The van der Waals surface area contributed by atoms with E-state index in [1.54, 1.807) is 13.8 Å². The van der Waals surface area contributed by atoms with Crippen molar-refractivity contribution in [2.24, 2.45) is 0 Å². The molecule has 2 aromatic rings. The maximum absolute atomic E-state index is 13.2. The molecule has 1 aromatic carbocycles. The van der Waals surface area contributed by atoms with E-state index in [1.165, 1.54) is 12.1 Å². The molecule has 0 bridgehead atoms. The molecule has 0 spiro atoms. The van der Waals surface area contributed by atoms with Crippen LogP contribution in [0.25, 0.3) is 0 Å². The zero-order valence-electron chi connectivity index (χ0n) is 11.7. The Labute approximate surface area is 134 Å². The van der Waals surface area contributed by atoms with Crippen molar-refractivity contribution in [1.82, 2.24) is 9.97 Å². The van der Waals surface area contributed by atoms with Gasteiger partial charge in [-0.3, -0.25) is 4.79 Å². The maximum Gasteiger partial charge on any atom is 0.256 e. The van der Waals surface area contributed by atoms with Gasteiger partial charge in [-0.2, -0.15) is 0 Å². The molecule has 0 aliphatic heterocycles. The monoisotopic (exact) mass is 373 g/mol. The number of anilines is 1. The van der Waals surface area contributed by atoms with Crippen LogP contribution < -0.4 is 10.9 Å². The lowest BCUT2D eigenvalue weighted by Crippen LogP contribution is -2.23. The number of halogens is 3. The highest BCUT2D eigenvalue weighted by atomic mass is 79.9. The third-order valence-corrected chi connectivity index (χ3v) is 3.99. The lowest BCUT2D eigenvalue weighted by Gasteiger charge is -2.18. The van der Waals surface area contributed by atoms with Crippen LogP contribution in [0.1, 0.15) is 30.0 Å². The van der Waals surface area contributed by atoms with E-state index in [0.717, 1.165) is 0 Å². The number of aromatic nitrogens is 2. The van der Waals surface area contributed by atoms with E-state index in [4.69, 9.17) is 11.6 Å². The quantitative estimate of drug-likeness (QED) is 0.850. The van der Waals surface area contributed by atoms with E-state index in [1.807, 2.05) is 6.92 Å². The lowest BCUT2D eigenvalue weighted by molar-refractivity contribution is 0.627. The first-order chi connectivity index (χ1) is 9.79. The van der Waals surface area contributed by atoms with Gasteiger partial charge in [0.1, 0.15) is 11.6 Å². The molecule has 0 saturated heterocycles. The van der Waals surface area contributed by atoms with E-state index in [2.05, 4.69) is 31.2 Å². The molecule has 0 fully saturated rings. The van der Waals surface area contributed by atoms with Crippen LogP contribution in [0.2, 0.25) is 5.02 Å². The van der Waals surface area contributed by atoms with Gasteiger partial charge in [-0.1, -0.05) is 11.6 Å². The zero-order chi connectivity index (χ0) is 15.7. The summed E-state index contributed by atoms with van der Waals surface area (Å²) in [4.78, 5) is 19.0. The highest BCUT2D eigenvalue weighted by molar-refractivity contribution is 9.10. The maximum atomic E-state index is 13.2. The first-order valence-electron chi connectivity index (χ1n) is 6.28. The van der Waals surface area contributed by atoms with E-state index in [-0.39, 0.29) is 16.6 Å². The fourth-order valence-corrected chi connectivity index (χ4v) is 3.14. The third-order valence-electron chi connectivity index (χ3n) is 3.06. The summed E-state index contributed by atoms with van der Waals surface area (Å²) in [7, 11) is 0. The molecule has 112 valence electrons. The normalized spacial score (nSPS) is 12.3. The number of H-pyrrole nitrogens is 1. The molecule has 0 amide bonds. The van der Waals surface area contributed by atoms with Crippen molar-refractivity contribution < 1.29 is 4.39 Å². The van der Waals surface area contributed by atoms with Gasteiger partial charge in [-0.15, -0.1) is 0 Å². The summed E-state index contributed by atoms with van der Waals surface area (Å²) in [6.07, 6.45) is 0. The molecule has 0 aliphatic rings. The molecule has 0 aliphatic carbocycles. The van der Waals surface area contributed by atoms with Gasteiger partial charge in [0.2, 0.25) is 0 Å². The summed E-state index contributed by atoms with van der Waals surface area (Å²) in [6, 6.07) is 2.19. The molecular weight excluding hydrogens is 361 g/mol. The van der Waals surface area contributed by atoms with E-state index in [0.29, 0.717) is 27.2 Å². The third kappa shape index (κ3) is 3.44. The van der Waals surface area contributed by atoms with Gasteiger partial charge < -0.3 is 10.3 Å². The second kappa shape index (κ2) is 6.15. The van der Waals surface area contributed by atoms with Crippen molar-refractivity contribution >= 4 is 33.2 Å². The minimum absolute atomic E-state index is 0.200. The van der Waals surface area contributed by atoms with E-state index >= 15 is 0 Å². The predicted octanol–water partition coefficient (Wildman–Crippen LogP) is 4.11. The summed E-state index contributed by atoms with van der Waals surface area (Å²) in [5.41, 5.74) is 1.50. The highest BCUT2D eigenvalue weighted by Gasteiger charge is 2.17. The Hall–Kier alpha value is -1.40. The number of aryl methyl sites for hydroxylation is 2. The van der Waals surface area contributed by atoms with Gasteiger partial charge in [0.05, 0.1) is 28.0 Å². The number of nitrogens with zero attached hydrogens (tertiary/aromatic N) is 1. The topological polar surface area (TPSA) is 57.8 Å². The first kappa shape index (κ1) is 16.0. The lowest BCUT2D eigenvalue weighted by atomic mass is 10.1. The Balaban J connectivity index is 2.40. The number of rotatable bonds is 3. The van der Waals surface area contributed by atoms with Crippen LogP contribution >= 0.6 is 27.5 Å². The average molecular weight is 375 g/mol. The Morgan fingerprint density at radius 2 is 2.10 bits per heavy atom. The molecule has 2 rings (SSSR count). The zero-order valence-corrected chi connectivity index (χ0v) is 14.1. The Bertz CT molecular complexity index is 724. The van der Waals surface area contributed by atoms with Crippen molar-refractivity contribution in [2.75, 3.05) is 5.32 Å². The average Bonchev–Trinajstić information content (AvgIpc) is 2.32. The second-order valence-electron chi connectivity index (χ2n) is 4.76. The second-order valence-corrected chi connectivity index (χ2v) is 6.02. The van der Waals surface area contributed by atoms with Crippen molar-refractivity contribution in [2.45, 2.75) is 26.8 Å². The van der Waals surface area contributed by atoms with Gasteiger partial charge in [-0.25, -0.2) is 9.37 Å². The fraction of sp³-hybridized carbons (Fsp3) is 0.286. The molecule has 1 heterocycles. The van der Waals surface area contributed by atoms with Crippen LogP contribution in [0.4, 0.5) is 10.1 Å². The molecule has 0 saturated carbocycles. The summed E-state index contributed by atoms with van der Waals surface area (Å²) in [5, 5.41) is 3.36. The van der Waals surface area contributed by atoms with Gasteiger partial charge in [0, 0.05) is 4.47 Å². The number of aromatic amines is 1. The number of nitrogens with one attached hydrogen (secondary N) is 2. The van der Waals surface area contributed by atoms with Crippen LogP contribution in [-0.2, 0) is 0 Å². The van der Waals surface area contributed by atoms with Crippen molar-refractivity contribution in [1.29, 1.82) is 0 Å². The molecule has 4 nitrogen and oxygen atoms in total. The van der Waals surface area contributed by atoms with E-state index in [9.17, 15) is 9.18 Å². The predicted molar refractivity (Wildman–Crippen MR) is 85.5 cm³/mol. The minimum Gasteiger partial charge on any atom is -0.376 e. The van der Waals surface area contributed by atoms with E-state index < -0.39 is 5.82 Å². The number of benzene rings is 1. The van der Waals surface area contributed by atoms with Gasteiger partial charge in [0.15, 0.2) is 0 Å². The van der Waals surface area contributed by atoms with Crippen LogP contribution in [-0.4, -0.2) is 9.97 Å². The SMILES string of the molecule is Cc1nc(C)c(C(C)Nc2c(Cl)cc(F)cc2Br)c(=O)[nH]1. The van der Waals surface area contributed by atoms with Gasteiger partial charge >= 0.3 is 0 Å². The smallest absolute Gasteiger partial charge is 0.256 e. The highest BCUT2D eigenvalue weighted by Crippen LogP contribution is 2.34. The van der Waals surface area contributed by atoms with Crippen molar-refractivity contribution in [3.05, 3.63) is 54.9 Å². The van der Waals surface area contributed by atoms with Crippen LogP contribution in [0.3, 0.4) is 0 Å². The molecular formula is C14H14BrClFN3O. The Morgan fingerprint density at radius 1 is 1.43 bits per heavy atom. The summed E-state index contributed by atoms with van der Waals surface area (Å²) in [6.45, 7) is 5.32. The number of hydrogen-bond acceptors (Lipinski definition) is 3. The molecule has 1 atom stereocenters. The fourth-order valence-electron chi connectivity index (χ4n) is 2.21. The van der Waals surface area contributed by atoms with Crippen LogP contribution in [0, 0.1) is 19.7 Å².